The molecule has 724 valence electrons. The van der Waals surface area contributed by atoms with Crippen LogP contribution in [0.4, 0.5) is 0 Å². The van der Waals surface area contributed by atoms with Gasteiger partial charge in [-0.05, 0) is 382 Å². The normalized spacial score (nSPS) is 16.9. The Morgan fingerprint density at radius 3 is 0.802 bits per heavy atom. The summed E-state index contributed by atoms with van der Waals surface area (Å²) in [6, 6.07) is 0. The Morgan fingerprint density at radius 1 is 0.240 bits per heavy atom. The highest BCUT2D eigenvalue weighted by Gasteiger charge is 2.33. The van der Waals surface area contributed by atoms with E-state index in [2.05, 4.69) is 339 Å². The average Bonchev–Trinajstić information content (AvgIpc) is 0.817. The first-order chi connectivity index (χ1) is 54.8. The summed E-state index contributed by atoms with van der Waals surface area (Å²) < 4.78 is 56.4. The third kappa shape index (κ3) is 94.5. The third-order valence-electron chi connectivity index (χ3n) is 19.7. The van der Waals surface area contributed by atoms with Crippen LogP contribution in [0.15, 0.2) is 0 Å². The van der Waals surface area contributed by atoms with Gasteiger partial charge in [0.05, 0.1) is 58.0 Å². The lowest BCUT2D eigenvalue weighted by Gasteiger charge is -2.44. The van der Waals surface area contributed by atoms with Crippen molar-refractivity contribution in [3.8, 4) is 23.7 Å². The minimum Gasteiger partial charge on any atom is -0.381 e. The van der Waals surface area contributed by atoms with Gasteiger partial charge in [0.1, 0.15) is 0 Å². The maximum atomic E-state index is 5.78. The number of likely N-dealkylation sites (tertiary alicyclic amines) is 3. The highest BCUT2D eigenvalue weighted by molar-refractivity contribution is 5.14. The predicted molar refractivity (Wildman–Crippen MR) is 526 cm³/mol. The SMILES string of the molecule is CC(C)(C)C#CC1CCN(CCOC(C)(C)C)CC1.CC(C)(C)C#CC1CN(CC2CCN(C(C)(C)C)CC2)C1.CC(C)(C)CCCCCCOC(C)(C)C.CC(C)(C)CCCCOCCCOC(C)(C)C.CC(C)(C)OCCCCCOC(C)(C)C.CC(C)(C)OCCCOCCCOC(C)(C)C.CC(C)(C)OCCN1CCN(C(C)(C)C)CC1. The molecule has 0 aliphatic carbocycles. The molecule has 0 aromatic heterocycles. The highest BCUT2D eigenvalue weighted by atomic mass is 16.5. The Balaban J connectivity index is -0.00000135. The Morgan fingerprint density at radius 2 is 0.496 bits per heavy atom. The number of ether oxygens (including phenoxy) is 10. The predicted octanol–water partition coefficient (Wildman–Crippen LogP) is 25.7. The van der Waals surface area contributed by atoms with E-state index in [9.17, 15) is 0 Å². The summed E-state index contributed by atoms with van der Waals surface area (Å²) in [6.07, 6.45) is 21.8. The molecule has 0 amide bonds. The Bertz CT molecular complexity index is 2410. The van der Waals surface area contributed by atoms with Crippen molar-refractivity contribution < 1.29 is 47.4 Å². The summed E-state index contributed by atoms with van der Waals surface area (Å²) in [6.45, 7) is 116. The zero-order chi connectivity index (χ0) is 93.9. The van der Waals surface area contributed by atoms with Crippen LogP contribution >= 0.6 is 0 Å². The molecule has 4 fully saturated rings. The van der Waals surface area contributed by atoms with Crippen molar-refractivity contribution in [3.05, 3.63) is 0 Å². The minimum atomic E-state index is -0.0411. The largest absolute Gasteiger partial charge is 0.381 e. The highest BCUT2D eigenvalue weighted by Crippen LogP contribution is 2.29. The van der Waals surface area contributed by atoms with E-state index in [-0.39, 0.29) is 55.6 Å². The molecule has 121 heavy (non-hydrogen) atoms. The van der Waals surface area contributed by atoms with Crippen LogP contribution in [0.3, 0.4) is 0 Å². The second-order valence-corrected chi connectivity index (χ2v) is 49.4. The van der Waals surface area contributed by atoms with Crippen molar-refractivity contribution >= 4 is 0 Å². The van der Waals surface area contributed by atoms with Gasteiger partial charge in [-0.1, -0.05) is 90.9 Å². The van der Waals surface area contributed by atoms with Crippen LogP contribution < -0.4 is 0 Å². The van der Waals surface area contributed by atoms with Crippen LogP contribution in [0.25, 0.3) is 0 Å². The molecule has 0 atom stereocenters. The van der Waals surface area contributed by atoms with Crippen LogP contribution in [-0.4, -0.2) is 245 Å². The molecule has 0 radical (unpaired) electrons. The molecule has 0 unspecified atom stereocenters. The summed E-state index contributed by atoms with van der Waals surface area (Å²) in [5.41, 5.74) is 1.82. The zero-order valence-corrected chi connectivity index (χ0v) is 89.5. The van der Waals surface area contributed by atoms with E-state index in [0.717, 1.165) is 143 Å². The molecule has 15 nitrogen and oxygen atoms in total. The molecule has 0 spiro atoms. The monoisotopic (exact) mass is 1720 g/mol. The van der Waals surface area contributed by atoms with Crippen molar-refractivity contribution in [1.29, 1.82) is 0 Å². The molecule has 4 rings (SSSR count). The van der Waals surface area contributed by atoms with Crippen molar-refractivity contribution in [2.75, 3.05) is 164 Å². The standard InChI is InChI=1S/C19H34N2.C17H31NO.C15H32O2.C14H30N2O.C14H30O3.C14H30O.C13H28O2/c1-18(2,3)10-7-17-14-20(15-17)13-16-8-11-21(12-9-16)19(4,5)6;1-16(2,3)10-7-15-8-11-18(12-9-15)13-14-19-17(4,5)6;1-14(2,3)10-7-8-11-16-12-9-13-17-15(4,5)6;1-13(2,3)16-9-7-15(8-10-16)11-12-17-14(4,5)6;1-13(2,3)16-11-7-9-15-10-8-12-17-14(4,5)6;1-13(2,3)11-9-7-8-10-12-15-14(4,5)6;1-12(2,3)14-10-8-7-9-11-15-13(4,5)6/h16-17H,8-9,11-15H2,1-6H3;15H,8-9,11-14H2,1-6H3;7-13H2,1-6H3;2*7-12H2,1-6H3;7-12H2,1-6H3;7-11H2,1-6H3. The van der Waals surface area contributed by atoms with Gasteiger partial charge >= 0.3 is 0 Å². The van der Waals surface area contributed by atoms with E-state index in [1.165, 1.54) is 142 Å². The van der Waals surface area contributed by atoms with Crippen LogP contribution in [0, 0.1) is 63.1 Å². The quantitative estimate of drug-likeness (QED) is 0.0438. The summed E-state index contributed by atoms with van der Waals surface area (Å²) in [4.78, 5) is 12.8. The minimum absolute atomic E-state index is 0.00189. The van der Waals surface area contributed by atoms with Gasteiger partial charge < -0.3 is 57.2 Å². The molecule has 4 heterocycles. The van der Waals surface area contributed by atoms with Gasteiger partial charge in [-0.2, -0.15) is 0 Å². The zero-order valence-electron chi connectivity index (χ0n) is 89.5. The number of piperidine rings is 2. The second-order valence-electron chi connectivity index (χ2n) is 49.4. The van der Waals surface area contributed by atoms with Crippen LogP contribution in [0.2, 0.25) is 0 Å². The number of hydrogen-bond donors (Lipinski definition) is 0. The number of hydrogen-bond acceptors (Lipinski definition) is 15. The first-order valence-electron chi connectivity index (χ1n) is 48.8. The van der Waals surface area contributed by atoms with Gasteiger partial charge in [0.2, 0.25) is 0 Å². The van der Waals surface area contributed by atoms with Gasteiger partial charge in [0.25, 0.3) is 0 Å². The third-order valence-corrected chi connectivity index (χ3v) is 19.7. The van der Waals surface area contributed by atoms with Gasteiger partial charge in [-0.15, -0.1) is 0 Å². The molecule has 0 N–H and O–H groups in total. The van der Waals surface area contributed by atoms with E-state index < -0.39 is 0 Å². The van der Waals surface area contributed by atoms with Gasteiger partial charge in [0.15, 0.2) is 0 Å². The molecule has 0 aromatic rings. The average molecular weight is 1720 g/mol. The molecular formula is C106H215N5O10. The summed E-state index contributed by atoms with van der Waals surface area (Å²) in [5, 5.41) is 0. The fraction of sp³-hybridized carbons (Fsp3) is 0.962. The number of nitrogens with zero attached hydrogens (tertiary/aromatic N) is 5. The first-order valence-corrected chi connectivity index (χ1v) is 48.8. The Labute approximate surface area is 757 Å². The van der Waals surface area contributed by atoms with E-state index in [4.69, 9.17) is 47.4 Å². The topological polar surface area (TPSA) is 109 Å². The molecule has 4 aliphatic rings. The van der Waals surface area contributed by atoms with Crippen molar-refractivity contribution in [2.24, 2.45) is 39.4 Å². The van der Waals surface area contributed by atoms with Gasteiger partial charge in [-0.25, -0.2) is 0 Å². The lowest BCUT2D eigenvalue weighted by atomic mass is 9.89. The number of piperazine rings is 1. The molecule has 15 heteroatoms. The van der Waals surface area contributed by atoms with E-state index in [1.807, 2.05) is 0 Å². The van der Waals surface area contributed by atoms with Gasteiger partial charge in [0, 0.05) is 159 Å². The van der Waals surface area contributed by atoms with Crippen LogP contribution in [0.1, 0.15) is 406 Å². The summed E-state index contributed by atoms with van der Waals surface area (Å²) in [5.74, 6) is 15.8. The molecule has 0 bridgehead atoms. The second kappa shape index (κ2) is 61.2. The molecule has 4 saturated heterocycles. The maximum Gasteiger partial charge on any atom is 0.0600 e. The van der Waals surface area contributed by atoms with Crippen molar-refractivity contribution in [1.82, 2.24) is 24.5 Å². The van der Waals surface area contributed by atoms with Crippen molar-refractivity contribution in [2.45, 2.75) is 462 Å². The molecule has 0 saturated carbocycles. The van der Waals surface area contributed by atoms with E-state index in [1.54, 1.807) is 0 Å². The fourth-order valence-corrected chi connectivity index (χ4v) is 12.8. The Kier molecular flexibility index (Phi) is 62.6. The van der Waals surface area contributed by atoms with Crippen LogP contribution in [-0.2, 0) is 47.4 Å². The lowest BCUT2D eigenvalue weighted by molar-refractivity contribution is -0.0238. The van der Waals surface area contributed by atoms with Crippen molar-refractivity contribution in [3.63, 3.8) is 0 Å². The number of rotatable bonds is 36. The number of unbranched alkanes of at least 4 members (excludes halogenated alkanes) is 6. The molecule has 4 aliphatic heterocycles. The molecular weight excluding hydrogens is 1500 g/mol. The lowest BCUT2D eigenvalue weighted by Crippen LogP contribution is -2.53. The van der Waals surface area contributed by atoms with Crippen LogP contribution in [0.5, 0.6) is 0 Å². The summed E-state index contributed by atoms with van der Waals surface area (Å²) >= 11 is 0. The first kappa shape index (κ1) is 124. The Hall–Kier alpha value is -1.48. The maximum absolute atomic E-state index is 5.78. The summed E-state index contributed by atoms with van der Waals surface area (Å²) in [7, 11) is 0. The molecule has 0 aromatic carbocycles. The fourth-order valence-electron chi connectivity index (χ4n) is 12.8. The van der Waals surface area contributed by atoms with E-state index >= 15 is 0 Å². The van der Waals surface area contributed by atoms with E-state index in [0.29, 0.717) is 33.7 Å². The smallest absolute Gasteiger partial charge is 0.0600 e. The van der Waals surface area contributed by atoms with Gasteiger partial charge in [-0.3, -0.25) is 14.7 Å².